The van der Waals surface area contributed by atoms with Crippen LogP contribution >= 0.6 is 0 Å². The number of carbonyl (C=O) groups is 1. The molecule has 2 heterocycles. The first-order valence-electron chi connectivity index (χ1n) is 10.7. The van der Waals surface area contributed by atoms with Crippen LogP contribution in [0.15, 0.2) is 24.4 Å². The van der Waals surface area contributed by atoms with E-state index in [1.54, 1.807) is 20.0 Å². The molecule has 0 unspecified atom stereocenters. The summed E-state index contributed by atoms with van der Waals surface area (Å²) < 4.78 is 29.2. The van der Waals surface area contributed by atoms with Crippen molar-refractivity contribution < 1.29 is 13.6 Å². The standard InChI is InChI=1S/C25H25F2N3O/c1-14-7-18-19(13-29-24(18)21(27)8-14)25-23(28-3)12-20(26)22(30-25)11-17-6-4-5-16(10-17)9-15(2)31/h7-8,12-13,16-17,29H,4-6,9-11H2,1-2H3/t16-,17-/m1/s1. The molecule has 3 aromatic rings. The average Bonchev–Trinajstić information content (AvgIpc) is 3.13. The van der Waals surface area contributed by atoms with Crippen LogP contribution in [0.3, 0.4) is 0 Å². The summed E-state index contributed by atoms with van der Waals surface area (Å²) in [5.74, 6) is -0.0481. The summed E-state index contributed by atoms with van der Waals surface area (Å²) in [6.07, 6.45) is 6.61. The molecule has 0 aliphatic heterocycles. The molecule has 160 valence electrons. The van der Waals surface area contributed by atoms with Crippen molar-refractivity contribution >= 4 is 22.4 Å². The van der Waals surface area contributed by atoms with E-state index in [0.717, 1.165) is 31.2 Å². The third-order valence-electron chi connectivity index (χ3n) is 6.24. The van der Waals surface area contributed by atoms with Gasteiger partial charge < -0.3 is 9.78 Å². The number of aromatic nitrogens is 2. The van der Waals surface area contributed by atoms with Crippen molar-refractivity contribution in [3.05, 3.63) is 58.7 Å². The van der Waals surface area contributed by atoms with Gasteiger partial charge in [0.25, 0.3) is 0 Å². The number of aryl methyl sites for hydroxylation is 1. The second-order valence-corrected chi connectivity index (χ2v) is 8.78. The number of hydrogen-bond acceptors (Lipinski definition) is 2. The first-order valence-corrected chi connectivity index (χ1v) is 10.7. The molecule has 31 heavy (non-hydrogen) atoms. The fraction of sp³-hybridized carbons (Fsp3) is 0.400. The van der Waals surface area contributed by atoms with Gasteiger partial charge in [-0.2, -0.15) is 0 Å². The van der Waals surface area contributed by atoms with Crippen LogP contribution in [-0.2, 0) is 11.2 Å². The Morgan fingerprint density at radius 1 is 1.23 bits per heavy atom. The number of halogens is 2. The predicted octanol–water partition coefficient (Wildman–Crippen LogP) is 6.70. The van der Waals surface area contributed by atoms with Gasteiger partial charge in [0.05, 0.1) is 23.5 Å². The van der Waals surface area contributed by atoms with Crippen LogP contribution in [0.5, 0.6) is 0 Å². The van der Waals surface area contributed by atoms with E-state index < -0.39 is 5.82 Å². The van der Waals surface area contributed by atoms with E-state index in [2.05, 4.69) is 14.8 Å². The van der Waals surface area contributed by atoms with E-state index in [0.29, 0.717) is 46.6 Å². The number of rotatable bonds is 5. The Labute approximate surface area is 180 Å². The third-order valence-corrected chi connectivity index (χ3v) is 6.24. The molecule has 2 atom stereocenters. The molecule has 4 rings (SSSR count). The number of hydrogen-bond donors (Lipinski definition) is 1. The first kappa shape index (κ1) is 21.2. The number of benzene rings is 1. The number of nitrogens with zero attached hydrogens (tertiary/aromatic N) is 2. The number of fused-ring (bicyclic) bond motifs is 1. The van der Waals surface area contributed by atoms with Crippen LogP contribution in [0.4, 0.5) is 14.5 Å². The number of carbonyl (C=O) groups excluding carboxylic acids is 1. The minimum Gasteiger partial charge on any atom is -0.358 e. The Morgan fingerprint density at radius 2 is 2.00 bits per heavy atom. The second-order valence-electron chi connectivity index (χ2n) is 8.78. The van der Waals surface area contributed by atoms with Crippen molar-refractivity contribution in [2.45, 2.75) is 52.4 Å². The molecule has 1 aliphatic rings. The maximum atomic E-state index is 14.8. The van der Waals surface area contributed by atoms with Crippen molar-refractivity contribution in [3.8, 4) is 11.3 Å². The highest BCUT2D eigenvalue weighted by molar-refractivity contribution is 5.98. The average molecular weight is 421 g/mol. The minimum absolute atomic E-state index is 0.113. The van der Waals surface area contributed by atoms with Crippen LogP contribution in [0, 0.1) is 37.0 Å². The Kier molecular flexibility index (Phi) is 5.86. The van der Waals surface area contributed by atoms with Crippen molar-refractivity contribution in [2.75, 3.05) is 0 Å². The molecule has 0 amide bonds. The summed E-state index contributed by atoms with van der Waals surface area (Å²) in [4.78, 5) is 22.5. The number of H-pyrrole nitrogens is 1. The third kappa shape index (κ3) is 4.36. The lowest BCUT2D eigenvalue weighted by molar-refractivity contribution is -0.118. The Morgan fingerprint density at radius 3 is 2.74 bits per heavy atom. The zero-order valence-electron chi connectivity index (χ0n) is 17.8. The first-order chi connectivity index (χ1) is 14.9. The molecule has 2 aromatic heterocycles. The monoisotopic (exact) mass is 421 g/mol. The van der Waals surface area contributed by atoms with Crippen molar-refractivity contribution in [2.24, 2.45) is 11.8 Å². The molecular weight excluding hydrogens is 396 g/mol. The smallest absolute Gasteiger partial charge is 0.215 e. The van der Waals surface area contributed by atoms with Gasteiger partial charge in [0.2, 0.25) is 5.69 Å². The molecule has 0 radical (unpaired) electrons. The van der Waals surface area contributed by atoms with E-state index in [1.807, 2.05) is 6.07 Å². The van der Waals surface area contributed by atoms with Gasteiger partial charge in [-0.1, -0.05) is 19.3 Å². The maximum absolute atomic E-state index is 14.8. The van der Waals surface area contributed by atoms with Gasteiger partial charge >= 0.3 is 0 Å². The number of Topliss-reactive ketones (excluding diaryl/α,β-unsaturated/α-hetero) is 1. The molecule has 4 nitrogen and oxygen atoms in total. The van der Waals surface area contributed by atoms with Crippen LogP contribution in [0.25, 0.3) is 27.0 Å². The molecule has 0 spiro atoms. The largest absolute Gasteiger partial charge is 0.358 e. The van der Waals surface area contributed by atoms with Gasteiger partial charge in [0, 0.05) is 23.6 Å². The topological polar surface area (TPSA) is 50.1 Å². The molecular formula is C25H25F2N3O. The molecule has 1 saturated carbocycles. The molecule has 0 saturated heterocycles. The lowest BCUT2D eigenvalue weighted by Gasteiger charge is -2.28. The van der Waals surface area contributed by atoms with E-state index >= 15 is 0 Å². The van der Waals surface area contributed by atoms with Gasteiger partial charge in [0.1, 0.15) is 17.4 Å². The van der Waals surface area contributed by atoms with Crippen molar-refractivity contribution in [1.29, 1.82) is 0 Å². The SMILES string of the molecule is [C-]#[N+]c1cc(F)c(C[C@@H]2CCC[C@H](CC(C)=O)C2)nc1-c1c[nH]c2c(F)cc(C)cc12. The van der Waals surface area contributed by atoms with Crippen molar-refractivity contribution in [1.82, 2.24) is 9.97 Å². The highest BCUT2D eigenvalue weighted by Crippen LogP contribution is 2.38. The minimum atomic E-state index is -0.481. The van der Waals surface area contributed by atoms with Crippen LogP contribution in [0.1, 0.15) is 50.3 Å². The molecule has 1 aliphatic carbocycles. The number of pyridine rings is 1. The van der Waals surface area contributed by atoms with Gasteiger partial charge in [-0.15, -0.1) is 0 Å². The number of ketones is 1. The van der Waals surface area contributed by atoms with Gasteiger partial charge in [-0.3, -0.25) is 4.98 Å². The fourth-order valence-electron chi connectivity index (χ4n) is 4.92. The summed E-state index contributed by atoms with van der Waals surface area (Å²) >= 11 is 0. The maximum Gasteiger partial charge on any atom is 0.215 e. The summed E-state index contributed by atoms with van der Waals surface area (Å²) in [7, 11) is 0. The quantitative estimate of drug-likeness (QED) is 0.466. The summed E-state index contributed by atoms with van der Waals surface area (Å²) in [6, 6.07) is 4.53. The zero-order chi connectivity index (χ0) is 22.1. The summed E-state index contributed by atoms with van der Waals surface area (Å²) in [5, 5.41) is 0.631. The molecule has 0 bridgehead atoms. The van der Waals surface area contributed by atoms with E-state index in [9.17, 15) is 13.6 Å². The van der Waals surface area contributed by atoms with E-state index in [1.165, 1.54) is 12.1 Å². The lowest BCUT2D eigenvalue weighted by atomic mass is 9.77. The highest BCUT2D eigenvalue weighted by atomic mass is 19.1. The number of nitrogens with one attached hydrogen (secondary N) is 1. The van der Waals surface area contributed by atoms with Crippen molar-refractivity contribution in [3.63, 3.8) is 0 Å². The Balaban J connectivity index is 1.70. The molecule has 6 heteroatoms. The molecule has 1 aromatic carbocycles. The summed E-state index contributed by atoms with van der Waals surface area (Å²) in [6.45, 7) is 10.9. The highest BCUT2D eigenvalue weighted by Gasteiger charge is 2.25. The Hall–Kier alpha value is -3.07. The van der Waals surface area contributed by atoms with Crippen LogP contribution < -0.4 is 0 Å². The Bertz CT molecular complexity index is 1190. The normalized spacial score (nSPS) is 18.8. The van der Waals surface area contributed by atoms with Crippen LogP contribution in [-0.4, -0.2) is 15.8 Å². The zero-order valence-corrected chi connectivity index (χ0v) is 17.8. The fourth-order valence-corrected chi connectivity index (χ4v) is 4.92. The predicted molar refractivity (Wildman–Crippen MR) is 117 cm³/mol. The lowest BCUT2D eigenvalue weighted by Crippen LogP contribution is -2.20. The molecule has 1 N–H and O–H groups in total. The second kappa shape index (κ2) is 8.58. The molecule has 1 fully saturated rings. The summed E-state index contributed by atoms with van der Waals surface area (Å²) in [5.41, 5.74) is 2.53. The van der Waals surface area contributed by atoms with Gasteiger partial charge in [-0.25, -0.2) is 13.6 Å². The van der Waals surface area contributed by atoms with E-state index in [4.69, 9.17) is 6.57 Å². The number of aromatic amines is 1. The van der Waals surface area contributed by atoms with Gasteiger partial charge in [-0.05, 0) is 62.3 Å². The van der Waals surface area contributed by atoms with Gasteiger partial charge in [0.15, 0.2) is 0 Å². The van der Waals surface area contributed by atoms with Crippen LogP contribution in [0.2, 0.25) is 0 Å². The van der Waals surface area contributed by atoms with E-state index in [-0.39, 0.29) is 23.2 Å².